The zero-order valence-corrected chi connectivity index (χ0v) is 9.36. The molecule has 0 saturated carbocycles. The SMILES string of the molecule is NCc1occc1COCc1ccccc1F. The van der Waals surface area contributed by atoms with E-state index in [0.29, 0.717) is 24.5 Å². The molecule has 1 aromatic heterocycles. The van der Waals surface area contributed by atoms with Gasteiger partial charge in [0.2, 0.25) is 0 Å². The highest BCUT2D eigenvalue weighted by molar-refractivity contribution is 5.17. The molecule has 0 aliphatic heterocycles. The number of furan rings is 1. The van der Waals surface area contributed by atoms with Gasteiger partial charge in [-0.3, -0.25) is 0 Å². The third kappa shape index (κ3) is 2.93. The number of benzene rings is 1. The van der Waals surface area contributed by atoms with Gasteiger partial charge in [-0.05, 0) is 12.1 Å². The number of nitrogens with two attached hydrogens (primary N) is 1. The Hall–Kier alpha value is -1.65. The lowest BCUT2D eigenvalue weighted by Gasteiger charge is -2.05. The summed E-state index contributed by atoms with van der Waals surface area (Å²) in [6.45, 7) is 0.949. The van der Waals surface area contributed by atoms with Crippen LogP contribution in [0.4, 0.5) is 4.39 Å². The number of ether oxygens (including phenoxy) is 1. The van der Waals surface area contributed by atoms with Crippen LogP contribution in [0.1, 0.15) is 16.9 Å². The van der Waals surface area contributed by atoms with Crippen molar-refractivity contribution in [1.29, 1.82) is 0 Å². The van der Waals surface area contributed by atoms with E-state index in [1.807, 2.05) is 6.07 Å². The molecule has 0 spiro atoms. The molecule has 0 atom stereocenters. The maximum absolute atomic E-state index is 13.3. The maximum Gasteiger partial charge on any atom is 0.128 e. The molecule has 3 nitrogen and oxygen atoms in total. The van der Waals surface area contributed by atoms with Crippen LogP contribution >= 0.6 is 0 Å². The third-order valence-corrected chi connectivity index (χ3v) is 2.50. The third-order valence-electron chi connectivity index (χ3n) is 2.50. The van der Waals surface area contributed by atoms with Gasteiger partial charge in [-0.15, -0.1) is 0 Å². The van der Waals surface area contributed by atoms with Crippen LogP contribution in [0.2, 0.25) is 0 Å². The topological polar surface area (TPSA) is 48.4 Å². The molecule has 2 aromatic rings. The average molecular weight is 235 g/mol. The van der Waals surface area contributed by atoms with Gasteiger partial charge < -0.3 is 14.9 Å². The van der Waals surface area contributed by atoms with Crippen molar-refractivity contribution in [1.82, 2.24) is 0 Å². The molecule has 2 N–H and O–H groups in total. The summed E-state index contributed by atoms with van der Waals surface area (Å²) >= 11 is 0. The molecule has 0 aliphatic rings. The molecule has 0 fully saturated rings. The van der Waals surface area contributed by atoms with Gasteiger partial charge in [0.15, 0.2) is 0 Å². The predicted octanol–water partition coefficient (Wildman–Crippen LogP) is 2.59. The average Bonchev–Trinajstić information content (AvgIpc) is 2.79. The smallest absolute Gasteiger partial charge is 0.128 e. The minimum Gasteiger partial charge on any atom is -0.468 e. The van der Waals surface area contributed by atoms with Crippen LogP contribution in [0.15, 0.2) is 41.0 Å². The normalized spacial score (nSPS) is 10.7. The molecule has 2 rings (SSSR count). The lowest BCUT2D eigenvalue weighted by Crippen LogP contribution is -2.01. The highest BCUT2D eigenvalue weighted by Crippen LogP contribution is 2.13. The molecule has 1 aromatic carbocycles. The first-order valence-electron chi connectivity index (χ1n) is 5.37. The van der Waals surface area contributed by atoms with Gasteiger partial charge in [0, 0.05) is 11.1 Å². The van der Waals surface area contributed by atoms with E-state index in [0.717, 1.165) is 5.56 Å². The van der Waals surface area contributed by atoms with E-state index in [4.69, 9.17) is 14.9 Å². The van der Waals surface area contributed by atoms with Crippen LogP contribution < -0.4 is 5.73 Å². The lowest BCUT2D eigenvalue weighted by molar-refractivity contribution is 0.103. The fraction of sp³-hybridized carbons (Fsp3) is 0.231. The molecule has 1 heterocycles. The van der Waals surface area contributed by atoms with Crippen molar-refractivity contribution in [3.63, 3.8) is 0 Å². The Morgan fingerprint density at radius 1 is 1.12 bits per heavy atom. The first-order chi connectivity index (χ1) is 8.31. The quantitative estimate of drug-likeness (QED) is 0.866. The summed E-state index contributed by atoms with van der Waals surface area (Å²) in [5, 5.41) is 0. The predicted molar refractivity (Wildman–Crippen MR) is 61.5 cm³/mol. The second kappa shape index (κ2) is 5.61. The molecule has 0 aliphatic carbocycles. The lowest BCUT2D eigenvalue weighted by atomic mass is 10.2. The Morgan fingerprint density at radius 3 is 2.65 bits per heavy atom. The summed E-state index contributed by atoms with van der Waals surface area (Å²) in [7, 11) is 0. The van der Waals surface area contributed by atoms with Gasteiger partial charge in [0.05, 0.1) is 26.0 Å². The molecule has 0 bridgehead atoms. The van der Waals surface area contributed by atoms with Crippen LogP contribution in [0.25, 0.3) is 0 Å². The van der Waals surface area contributed by atoms with Crippen LogP contribution in [0, 0.1) is 5.82 Å². The van der Waals surface area contributed by atoms with E-state index in [1.54, 1.807) is 24.5 Å². The Bertz CT molecular complexity index is 482. The fourth-order valence-corrected chi connectivity index (χ4v) is 1.56. The minimum absolute atomic E-state index is 0.238. The Kier molecular flexibility index (Phi) is 3.90. The van der Waals surface area contributed by atoms with Crippen LogP contribution in [0.3, 0.4) is 0 Å². The summed E-state index contributed by atoms with van der Waals surface area (Å²) < 4.78 is 23.9. The number of hydrogen-bond donors (Lipinski definition) is 1. The molecular weight excluding hydrogens is 221 g/mol. The number of hydrogen-bond acceptors (Lipinski definition) is 3. The van der Waals surface area contributed by atoms with E-state index in [9.17, 15) is 4.39 Å². The van der Waals surface area contributed by atoms with Crippen molar-refractivity contribution in [2.24, 2.45) is 5.73 Å². The molecule has 0 unspecified atom stereocenters. The monoisotopic (exact) mass is 235 g/mol. The summed E-state index contributed by atoms with van der Waals surface area (Å²) in [6.07, 6.45) is 1.57. The second-order valence-electron chi connectivity index (χ2n) is 3.66. The summed E-state index contributed by atoms with van der Waals surface area (Å²) in [5.74, 6) is 0.456. The zero-order chi connectivity index (χ0) is 12.1. The number of halogens is 1. The first-order valence-corrected chi connectivity index (χ1v) is 5.37. The van der Waals surface area contributed by atoms with Crippen molar-refractivity contribution in [2.45, 2.75) is 19.8 Å². The minimum atomic E-state index is -0.251. The second-order valence-corrected chi connectivity index (χ2v) is 3.66. The van der Waals surface area contributed by atoms with E-state index < -0.39 is 0 Å². The first kappa shape index (κ1) is 11.8. The van der Waals surface area contributed by atoms with Crippen LogP contribution in [0.5, 0.6) is 0 Å². The zero-order valence-electron chi connectivity index (χ0n) is 9.36. The van der Waals surface area contributed by atoms with Crippen molar-refractivity contribution < 1.29 is 13.5 Å². The Labute approximate surface area is 99.0 Å². The summed E-state index contributed by atoms with van der Waals surface area (Å²) in [5.41, 5.74) is 6.95. The van der Waals surface area contributed by atoms with Gasteiger partial charge in [-0.1, -0.05) is 18.2 Å². The highest BCUT2D eigenvalue weighted by Gasteiger charge is 2.05. The Balaban J connectivity index is 1.90. The maximum atomic E-state index is 13.3. The molecule has 0 radical (unpaired) electrons. The standard InChI is InChI=1S/C13H14FNO2/c14-12-4-2-1-3-10(12)8-16-9-11-5-6-17-13(11)7-15/h1-6H,7-9,15H2. The summed E-state index contributed by atoms with van der Waals surface area (Å²) in [4.78, 5) is 0. The highest BCUT2D eigenvalue weighted by atomic mass is 19.1. The van der Waals surface area contributed by atoms with Gasteiger partial charge >= 0.3 is 0 Å². The fourth-order valence-electron chi connectivity index (χ4n) is 1.56. The van der Waals surface area contributed by atoms with Crippen LogP contribution in [-0.2, 0) is 24.5 Å². The van der Waals surface area contributed by atoms with Gasteiger partial charge in [0.25, 0.3) is 0 Å². The van der Waals surface area contributed by atoms with Gasteiger partial charge in [-0.2, -0.15) is 0 Å². The summed E-state index contributed by atoms with van der Waals surface area (Å²) in [6, 6.07) is 8.37. The molecule has 0 amide bonds. The largest absolute Gasteiger partial charge is 0.468 e. The van der Waals surface area contributed by atoms with E-state index >= 15 is 0 Å². The van der Waals surface area contributed by atoms with Crippen molar-refractivity contribution in [3.05, 3.63) is 59.3 Å². The molecule has 17 heavy (non-hydrogen) atoms. The Morgan fingerprint density at radius 2 is 1.88 bits per heavy atom. The molecule has 0 saturated heterocycles. The molecule has 4 heteroatoms. The van der Waals surface area contributed by atoms with Gasteiger partial charge in [0.1, 0.15) is 11.6 Å². The van der Waals surface area contributed by atoms with Crippen molar-refractivity contribution in [3.8, 4) is 0 Å². The number of rotatable bonds is 5. The van der Waals surface area contributed by atoms with E-state index in [2.05, 4.69) is 0 Å². The van der Waals surface area contributed by atoms with Crippen molar-refractivity contribution >= 4 is 0 Å². The van der Waals surface area contributed by atoms with Crippen LogP contribution in [-0.4, -0.2) is 0 Å². The van der Waals surface area contributed by atoms with E-state index in [-0.39, 0.29) is 12.4 Å². The molecular formula is C13H14FNO2. The van der Waals surface area contributed by atoms with Gasteiger partial charge in [-0.25, -0.2) is 4.39 Å². The molecule has 90 valence electrons. The van der Waals surface area contributed by atoms with Crippen molar-refractivity contribution in [2.75, 3.05) is 0 Å². The van der Waals surface area contributed by atoms with E-state index in [1.165, 1.54) is 6.07 Å².